The van der Waals surface area contributed by atoms with E-state index in [1.807, 2.05) is 19.9 Å². The summed E-state index contributed by atoms with van der Waals surface area (Å²) in [6, 6.07) is 10.2. The summed E-state index contributed by atoms with van der Waals surface area (Å²) in [5.74, 6) is 0.251. The summed E-state index contributed by atoms with van der Waals surface area (Å²) in [5, 5.41) is 3.89. The lowest BCUT2D eigenvalue weighted by molar-refractivity contribution is 0.441. The lowest BCUT2D eigenvalue weighted by atomic mass is 10.1. The van der Waals surface area contributed by atoms with E-state index in [0.717, 1.165) is 12.1 Å². The molecule has 5 heteroatoms. The number of nitrogens with one attached hydrogen (secondary N) is 1. The van der Waals surface area contributed by atoms with E-state index in [0.29, 0.717) is 15.2 Å². The van der Waals surface area contributed by atoms with E-state index in [1.165, 1.54) is 6.07 Å². The third kappa shape index (κ3) is 4.19. The SMILES string of the molecule is CCNC(C)c1ccc(Oc2ccc(Br)cc2F)cc1Cl. The van der Waals surface area contributed by atoms with Crippen molar-refractivity contribution in [3.8, 4) is 11.5 Å². The van der Waals surface area contributed by atoms with E-state index in [9.17, 15) is 4.39 Å². The fourth-order valence-electron chi connectivity index (χ4n) is 2.02. The van der Waals surface area contributed by atoms with Gasteiger partial charge >= 0.3 is 0 Å². The van der Waals surface area contributed by atoms with Gasteiger partial charge in [-0.1, -0.05) is 40.5 Å². The molecule has 2 rings (SSSR count). The fraction of sp³-hybridized carbons (Fsp3) is 0.250. The van der Waals surface area contributed by atoms with Gasteiger partial charge in [-0.15, -0.1) is 0 Å². The van der Waals surface area contributed by atoms with Crippen LogP contribution in [0.1, 0.15) is 25.5 Å². The summed E-state index contributed by atoms with van der Waals surface area (Å²) in [7, 11) is 0. The highest BCUT2D eigenvalue weighted by molar-refractivity contribution is 9.10. The predicted octanol–water partition coefficient (Wildman–Crippen LogP) is 5.70. The monoisotopic (exact) mass is 371 g/mol. The molecule has 21 heavy (non-hydrogen) atoms. The van der Waals surface area contributed by atoms with Crippen LogP contribution in [0.3, 0.4) is 0 Å². The van der Waals surface area contributed by atoms with Crippen molar-refractivity contribution in [1.29, 1.82) is 0 Å². The molecule has 0 fully saturated rings. The Morgan fingerprint density at radius 2 is 2.05 bits per heavy atom. The summed E-state index contributed by atoms with van der Waals surface area (Å²) in [5.41, 5.74) is 0.988. The first-order chi connectivity index (χ1) is 10.0. The van der Waals surface area contributed by atoms with Crippen molar-refractivity contribution in [3.05, 3.63) is 57.3 Å². The van der Waals surface area contributed by atoms with Crippen LogP contribution < -0.4 is 10.1 Å². The van der Waals surface area contributed by atoms with Crippen LogP contribution in [0.5, 0.6) is 11.5 Å². The molecule has 0 spiro atoms. The minimum Gasteiger partial charge on any atom is -0.454 e. The molecule has 2 nitrogen and oxygen atoms in total. The molecule has 0 saturated carbocycles. The Morgan fingerprint density at radius 1 is 1.29 bits per heavy atom. The van der Waals surface area contributed by atoms with E-state index in [4.69, 9.17) is 16.3 Å². The average Bonchev–Trinajstić information content (AvgIpc) is 2.42. The normalized spacial score (nSPS) is 12.2. The molecule has 0 saturated heterocycles. The fourth-order valence-corrected chi connectivity index (χ4v) is 2.69. The highest BCUT2D eigenvalue weighted by Crippen LogP contribution is 2.31. The first-order valence-corrected chi connectivity index (χ1v) is 7.84. The Labute approximate surface area is 137 Å². The molecular weight excluding hydrogens is 357 g/mol. The van der Waals surface area contributed by atoms with Gasteiger partial charge in [0, 0.05) is 15.5 Å². The van der Waals surface area contributed by atoms with Crippen LogP contribution in [0, 0.1) is 5.82 Å². The lowest BCUT2D eigenvalue weighted by Crippen LogP contribution is -2.17. The van der Waals surface area contributed by atoms with Gasteiger partial charge in [-0.05, 0) is 49.4 Å². The summed E-state index contributed by atoms with van der Waals surface area (Å²) in [4.78, 5) is 0. The van der Waals surface area contributed by atoms with E-state index in [2.05, 4.69) is 21.2 Å². The standard InChI is InChI=1S/C16H16BrClFNO/c1-3-20-10(2)13-6-5-12(9-14(13)18)21-16-7-4-11(17)8-15(16)19/h4-10,20H,3H2,1-2H3. The molecule has 0 amide bonds. The quantitative estimate of drug-likeness (QED) is 0.726. The van der Waals surface area contributed by atoms with Gasteiger partial charge < -0.3 is 10.1 Å². The zero-order chi connectivity index (χ0) is 15.4. The molecule has 112 valence electrons. The number of halogens is 3. The zero-order valence-corrected chi connectivity index (χ0v) is 14.1. The molecule has 1 atom stereocenters. The van der Waals surface area contributed by atoms with Crippen LogP contribution in [0.15, 0.2) is 40.9 Å². The molecule has 2 aromatic carbocycles. The van der Waals surface area contributed by atoms with Crippen LogP contribution in [-0.4, -0.2) is 6.54 Å². The van der Waals surface area contributed by atoms with Gasteiger partial charge in [0.1, 0.15) is 5.75 Å². The third-order valence-corrected chi connectivity index (χ3v) is 3.89. The average molecular weight is 373 g/mol. The Morgan fingerprint density at radius 3 is 2.67 bits per heavy atom. The number of rotatable bonds is 5. The molecule has 0 bridgehead atoms. The van der Waals surface area contributed by atoms with Gasteiger partial charge in [0.2, 0.25) is 0 Å². The van der Waals surface area contributed by atoms with Crippen LogP contribution in [-0.2, 0) is 0 Å². The van der Waals surface area contributed by atoms with Crippen molar-refractivity contribution in [2.45, 2.75) is 19.9 Å². The predicted molar refractivity (Wildman–Crippen MR) is 87.7 cm³/mol. The highest BCUT2D eigenvalue weighted by atomic mass is 79.9. The summed E-state index contributed by atoms with van der Waals surface area (Å²) < 4.78 is 20.0. The Kier molecular flexibility index (Phi) is 5.62. The van der Waals surface area contributed by atoms with E-state index >= 15 is 0 Å². The van der Waals surface area contributed by atoms with Crippen molar-refractivity contribution >= 4 is 27.5 Å². The van der Waals surface area contributed by atoms with E-state index in [-0.39, 0.29) is 11.8 Å². The maximum Gasteiger partial charge on any atom is 0.166 e. The van der Waals surface area contributed by atoms with Crippen molar-refractivity contribution in [1.82, 2.24) is 5.32 Å². The van der Waals surface area contributed by atoms with Gasteiger partial charge in [0.15, 0.2) is 11.6 Å². The minimum atomic E-state index is -0.425. The number of hydrogen-bond acceptors (Lipinski definition) is 2. The van der Waals surface area contributed by atoms with E-state index < -0.39 is 5.82 Å². The molecule has 2 aromatic rings. The second-order valence-electron chi connectivity index (χ2n) is 4.64. The topological polar surface area (TPSA) is 21.3 Å². The largest absolute Gasteiger partial charge is 0.454 e. The Bertz CT molecular complexity index is 636. The molecule has 0 heterocycles. The van der Waals surface area contributed by atoms with Crippen molar-refractivity contribution in [3.63, 3.8) is 0 Å². The van der Waals surface area contributed by atoms with Crippen LogP contribution >= 0.6 is 27.5 Å². The van der Waals surface area contributed by atoms with Crippen LogP contribution in [0.25, 0.3) is 0 Å². The van der Waals surface area contributed by atoms with Gasteiger partial charge in [-0.25, -0.2) is 4.39 Å². The molecular formula is C16H16BrClFNO. The smallest absolute Gasteiger partial charge is 0.166 e. The highest BCUT2D eigenvalue weighted by Gasteiger charge is 2.11. The van der Waals surface area contributed by atoms with Crippen molar-refractivity contribution in [2.75, 3.05) is 6.54 Å². The minimum absolute atomic E-state index is 0.154. The van der Waals surface area contributed by atoms with Gasteiger partial charge in [-0.3, -0.25) is 0 Å². The van der Waals surface area contributed by atoms with Gasteiger partial charge in [0.25, 0.3) is 0 Å². The molecule has 0 aliphatic heterocycles. The van der Waals surface area contributed by atoms with Crippen LogP contribution in [0.4, 0.5) is 4.39 Å². The number of hydrogen-bond donors (Lipinski definition) is 1. The Hall–Kier alpha value is -1.10. The van der Waals surface area contributed by atoms with Crippen molar-refractivity contribution in [2.24, 2.45) is 0 Å². The molecule has 1 unspecified atom stereocenters. The lowest BCUT2D eigenvalue weighted by Gasteiger charge is -2.15. The summed E-state index contributed by atoms with van der Waals surface area (Å²) in [6.45, 7) is 4.94. The maximum absolute atomic E-state index is 13.7. The number of benzene rings is 2. The molecule has 0 aliphatic rings. The second-order valence-corrected chi connectivity index (χ2v) is 5.96. The first-order valence-electron chi connectivity index (χ1n) is 6.67. The number of ether oxygens (including phenoxy) is 1. The molecule has 0 radical (unpaired) electrons. The van der Waals surface area contributed by atoms with E-state index in [1.54, 1.807) is 24.3 Å². The molecule has 1 N–H and O–H groups in total. The zero-order valence-electron chi connectivity index (χ0n) is 11.8. The molecule has 0 aromatic heterocycles. The summed E-state index contributed by atoms with van der Waals surface area (Å²) >= 11 is 9.48. The summed E-state index contributed by atoms with van der Waals surface area (Å²) in [6.07, 6.45) is 0. The van der Waals surface area contributed by atoms with Gasteiger partial charge in [0.05, 0.1) is 0 Å². The Balaban J connectivity index is 2.20. The van der Waals surface area contributed by atoms with Gasteiger partial charge in [-0.2, -0.15) is 0 Å². The third-order valence-electron chi connectivity index (χ3n) is 3.07. The van der Waals surface area contributed by atoms with Crippen LogP contribution in [0.2, 0.25) is 5.02 Å². The molecule has 0 aliphatic carbocycles. The maximum atomic E-state index is 13.7. The first kappa shape index (κ1) is 16.3. The van der Waals surface area contributed by atoms with Crippen molar-refractivity contribution < 1.29 is 9.13 Å². The second kappa shape index (κ2) is 7.25.